The molecule has 0 saturated heterocycles. The summed E-state index contributed by atoms with van der Waals surface area (Å²) in [5.74, 6) is -2.12. The van der Waals surface area contributed by atoms with Crippen LogP contribution < -0.4 is 5.73 Å². The second-order valence-corrected chi connectivity index (χ2v) is 3.82. The summed E-state index contributed by atoms with van der Waals surface area (Å²) in [7, 11) is 0. The Hall–Kier alpha value is -1.62. The summed E-state index contributed by atoms with van der Waals surface area (Å²) in [6, 6.07) is 4.08. The van der Waals surface area contributed by atoms with Crippen molar-refractivity contribution in [3.8, 4) is 0 Å². The Bertz CT molecular complexity index is 430. The Balaban J connectivity index is 2.72. The van der Waals surface area contributed by atoms with Gasteiger partial charge in [0.25, 0.3) is 5.91 Å². The van der Waals surface area contributed by atoms with E-state index < -0.39 is 23.8 Å². The fraction of sp³-hybridized carbons (Fsp3) is 0.273. The molecule has 1 rings (SSSR count). The molecule has 2 N–H and O–H groups in total. The normalized spacial score (nSPS) is 11.9. The molecule has 4 nitrogen and oxygen atoms in total. The largest absolute Gasteiger partial charge is 0.452 e. The molecule has 0 aliphatic heterocycles. The minimum atomic E-state index is -1.05. The predicted octanol–water partition coefficient (Wildman–Crippen LogP) is 1.44. The van der Waals surface area contributed by atoms with Gasteiger partial charge in [-0.25, -0.2) is 4.39 Å². The number of carbonyl (C=O) groups is 2. The van der Waals surface area contributed by atoms with Crippen molar-refractivity contribution in [3.63, 3.8) is 0 Å². The van der Waals surface area contributed by atoms with Crippen LogP contribution in [-0.2, 0) is 20.7 Å². The molecule has 17 heavy (non-hydrogen) atoms. The van der Waals surface area contributed by atoms with Crippen LogP contribution in [0.1, 0.15) is 12.5 Å². The topological polar surface area (TPSA) is 69.4 Å². The summed E-state index contributed by atoms with van der Waals surface area (Å²) >= 11 is 5.73. The minimum absolute atomic E-state index is 0.0378. The molecule has 0 heterocycles. The van der Waals surface area contributed by atoms with Gasteiger partial charge in [-0.1, -0.05) is 17.7 Å². The molecule has 0 unspecified atom stereocenters. The summed E-state index contributed by atoms with van der Waals surface area (Å²) in [5.41, 5.74) is 4.96. The zero-order valence-corrected chi connectivity index (χ0v) is 9.83. The number of primary amides is 1. The van der Waals surface area contributed by atoms with Gasteiger partial charge in [0.15, 0.2) is 6.10 Å². The van der Waals surface area contributed by atoms with Gasteiger partial charge in [0.1, 0.15) is 5.82 Å². The molecular weight excluding hydrogens is 249 g/mol. The van der Waals surface area contributed by atoms with E-state index in [0.29, 0.717) is 0 Å². The number of ether oxygens (including phenoxy) is 1. The van der Waals surface area contributed by atoms with Gasteiger partial charge in [-0.05, 0) is 19.1 Å². The summed E-state index contributed by atoms with van der Waals surface area (Å²) in [6.45, 7) is 1.34. The molecule has 0 saturated carbocycles. The molecule has 1 atom stereocenters. The van der Waals surface area contributed by atoms with Gasteiger partial charge in [0.2, 0.25) is 0 Å². The second kappa shape index (κ2) is 5.63. The molecule has 1 aromatic carbocycles. The van der Waals surface area contributed by atoms with E-state index in [1.807, 2.05) is 0 Å². The standard InChI is InChI=1S/C11H11ClFNO3/c1-6(11(14)16)17-10(15)5-7-8(12)3-2-4-9(7)13/h2-4,6H,5H2,1H3,(H2,14,16)/t6-/m1/s1. The number of hydrogen-bond donors (Lipinski definition) is 1. The fourth-order valence-corrected chi connectivity index (χ4v) is 1.37. The van der Waals surface area contributed by atoms with Crippen LogP contribution in [0.25, 0.3) is 0 Å². The summed E-state index contributed by atoms with van der Waals surface area (Å²) < 4.78 is 18.0. The molecule has 0 fully saturated rings. The first-order valence-corrected chi connectivity index (χ1v) is 5.21. The fourth-order valence-electron chi connectivity index (χ4n) is 1.14. The lowest BCUT2D eigenvalue weighted by Gasteiger charge is -2.10. The van der Waals surface area contributed by atoms with Gasteiger partial charge in [-0.3, -0.25) is 9.59 Å². The van der Waals surface area contributed by atoms with E-state index in [1.54, 1.807) is 0 Å². The maximum atomic E-state index is 13.3. The number of amides is 1. The molecule has 0 aliphatic carbocycles. The van der Waals surface area contributed by atoms with Gasteiger partial charge >= 0.3 is 5.97 Å². The molecule has 0 aromatic heterocycles. The average molecular weight is 260 g/mol. The Kier molecular flexibility index (Phi) is 4.45. The Morgan fingerprint density at radius 2 is 2.18 bits per heavy atom. The Morgan fingerprint density at radius 1 is 1.53 bits per heavy atom. The van der Waals surface area contributed by atoms with Crippen molar-refractivity contribution in [2.75, 3.05) is 0 Å². The van der Waals surface area contributed by atoms with E-state index in [1.165, 1.54) is 25.1 Å². The lowest BCUT2D eigenvalue weighted by Crippen LogP contribution is -2.31. The molecule has 6 heteroatoms. The summed E-state index contributed by atoms with van der Waals surface area (Å²) in [6.07, 6.45) is -1.39. The molecule has 0 aliphatic rings. The Labute approximate surface area is 103 Å². The summed E-state index contributed by atoms with van der Waals surface area (Å²) in [5, 5.41) is 0.133. The first-order chi connectivity index (χ1) is 7.91. The van der Waals surface area contributed by atoms with E-state index >= 15 is 0 Å². The number of nitrogens with two attached hydrogens (primary N) is 1. The lowest BCUT2D eigenvalue weighted by molar-refractivity contribution is -0.153. The lowest BCUT2D eigenvalue weighted by atomic mass is 10.1. The number of esters is 1. The highest BCUT2D eigenvalue weighted by molar-refractivity contribution is 6.31. The first-order valence-electron chi connectivity index (χ1n) is 4.83. The molecule has 0 radical (unpaired) electrons. The highest BCUT2D eigenvalue weighted by Gasteiger charge is 2.17. The zero-order valence-electron chi connectivity index (χ0n) is 9.07. The predicted molar refractivity (Wildman–Crippen MR) is 59.9 cm³/mol. The third kappa shape index (κ3) is 3.71. The van der Waals surface area contributed by atoms with Crippen molar-refractivity contribution in [1.82, 2.24) is 0 Å². The van der Waals surface area contributed by atoms with Crippen molar-refractivity contribution in [2.24, 2.45) is 5.73 Å². The van der Waals surface area contributed by atoms with Crippen LogP contribution in [0.15, 0.2) is 18.2 Å². The van der Waals surface area contributed by atoms with Gasteiger partial charge in [0, 0.05) is 10.6 Å². The van der Waals surface area contributed by atoms with Crippen LogP contribution in [0.4, 0.5) is 4.39 Å². The first kappa shape index (κ1) is 13.4. The van der Waals surface area contributed by atoms with Crippen LogP contribution >= 0.6 is 11.6 Å². The van der Waals surface area contributed by atoms with Gasteiger partial charge < -0.3 is 10.5 Å². The SMILES string of the molecule is C[C@@H](OC(=O)Cc1c(F)cccc1Cl)C(N)=O. The van der Waals surface area contributed by atoms with Gasteiger partial charge in [-0.15, -0.1) is 0 Å². The van der Waals surface area contributed by atoms with Crippen LogP contribution in [-0.4, -0.2) is 18.0 Å². The average Bonchev–Trinajstić information content (AvgIpc) is 2.23. The number of rotatable bonds is 4. The van der Waals surface area contributed by atoms with Crippen molar-refractivity contribution < 1.29 is 18.7 Å². The highest BCUT2D eigenvalue weighted by atomic mass is 35.5. The maximum absolute atomic E-state index is 13.3. The molecular formula is C11H11ClFNO3. The van der Waals surface area contributed by atoms with Crippen molar-refractivity contribution in [3.05, 3.63) is 34.6 Å². The van der Waals surface area contributed by atoms with Crippen LogP contribution in [0.5, 0.6) is 0 Å². The van der Waals surface area contributed by atoms with E-state index in [-0.39, 0.29) is 17.0 Å². The molecule has 1 amide bonds. The van der Waals surface area contributed by atoms with Gasteiger partial charge in [0.05, 0.1) is 6.42 Å². The monoisotopic (exact) mass is 259 g/mol. The van der Waals surface area contributed by atoms with Crippen LogP contribution in [0.3, 0.4) is 0 Å². The van der Waals surface area contributed by atoms with Gasteiger partial charge in [-0.2, -0.15) is 0 Å². The molecule has 0 bridgehead atoms. The highest BCUT2D eigenvalue weighted by Crippen LogP contribution is 2.19. The van der Waals surface area contributed by atoms with Crippen molar-refractivity contribution in [1.29, 1.82) is 0 Å². The molecule has 1 aromatic rings. The van der Waals surface area contributed by atoms with Crippen LogP contribution in [0, 0.1) is 5.82 Å². The van der Waals surface area contributed by atoms with E-state index in [0.717, 1.165) is 0 Å². The van der Waals surface area contributed by atoms with Crippen LogP contribution in [0.2, 0.25) is 5.02 Å². The minimum Gasteiger partial charge on any atom is -0.452 e. The number of halogens is 2. The maximum Gasteiger partial charge on any atom is 0.311 e. The molecule has 0 spiro atoms. The zero-order chi connectivity index (χ0) is 13.0. The second-order valence-electron chi connectivity index (χ2n) is 3.41. The van der Waals surface area contributed by atoms with Crippen molar-refractivity contribution >= 4 is 23.5 Å². The smallest absolute Gasteiger partial charge is 0.311 e. The number of carbonyl (C=O) groups excluding carboxylic acids is 2. The molecule has 92 valence electrons. The quantitative estimate of drug-likeness (QED) is 0.832. The van der Waals surface area contributed by atoms with E-state index in [4.69, 9.17) is 17.3 Å². The Morgan fingerprint density at radius 3 is 2.71 bits per heavy atom. The number of hydrogen-bond acceptors (Lipinski definition) is 3. The van der Waals surface area contributed by atoms with E-state index in [2.05, 4.69) is 4.74 Å². The van der Waals surface area contributed by atoms with Crippen molar-refractivity contribution in [2.45, 2.75) is 19.4 Å². The van der Waals surface area contributed by atoms with E-state index in [9.17, 15) is 14.0 Å². The third-order valence-electron chi connectivity index (χ3n) is 2.09. The number of benzene rings is 1. The third-order valence-corrected chi connectivity index (χ3v) is 2.45. The summed E-state index contributed by atoms with van der Waals surface area (Å²) in [4.78, 5) is 22.0.